The Labute approximate surface area is 156 Å². The Morgan fingerprint density at radius 1 is 1.08 bits per heavy atom. The zero-order valence-corrected chi connectivity index (χ0v) is 14.6. The molecule has 0 unspecified atom stereocenters. The molecule has 26 heavy (non-hydrogen) atoms. The number of esters is 1. The van der Waals surface area contributed by atoms with E-state index in [0.29, 0.717) is 16.6 Å². The molecule has 0 bridgehead atoms. The van der Waals surface area contributed by atoms with Gasteiger partial charge in [0, 0.05) is 22.7 Å². The van der Waals surface area contributed by atoms with Gasteiger partial charge in [-0.2, -0.15) is 0 Å². The summed E-state index contributed by atoms with van der Waals surface area (Å²) in [5, 5.41) is 6.63. The molecule has 1 aliphatic heterocycles. The monoisotopic (exact) mass is 368 g/mol. The summed E-state index contributed by atoms with van der Waals surface area (Å²) in [6.45, 7) is 0.0526. The number of carbonyl (C=O) groups is 2. The number of hydrogen-bond acceptors (Lipinski definition) is 4. The number of halogens is 1. The Morgan fingerprint density at radius 2 is 1.81 bits per heavy atom. The molecule has 1 saturated carbocycles. The van der Waals surface area contributed by atoms with Crippen LogP contribution >= 0.6 is 11.6 Å². The molecule has 6 heteroatoms. The van der Waals surface area contributed by atoms with Crippen LogP contribution in [0.3, 0.4) is 0 Å². The molecule has 2 aromatic carbocycles. The van der Waals surface area contributed by atoms with Crippen LogP contribution in [0.2, 0.25) is 5.02 Å². The molecule has 0 aromatic heterocycles. The second-order valence-corrected chi connectivity index (χ2v) is 6.83. The summed E-state index contributed by atoms with van der Waals surface area (Å²) in [4.78, 5) is 24.6. The molecule has 2 atom stereocenters. The maximum absolute atomic E-state index is 12.6. The number of amides is 1. The Hall–Kier alpha value is -2.79. The normalized spacial score (nSPS) is 21.3. The first-order valence-corrected chi connectivity index (χ1v) is 8.78. The maximum atomic E-state index is 12.6. The van der Waals surface area contributed by atoms with Crippen molar-refractivity contribution >= 4 is 29.2 Å². The number of hydrogen-bond donors (Lipinski definition) is 2. The highest BCUT2D eigenvalue weighted by atomic mass is 35.5. The summed E-state index contributed by atoms with van der Waals surface area (Å²) in [5.74, 6) is -0.700. The van der Waals surface area contributed by atoms with Crippen LogP contribution in [0.25, 0.3) is 0 Å². The van der Waals surface area contributed by atoms with Crippen molar-refractivity contribution in [3.05, 3.63) is 76.5 Å². The van der Waals surface area contributed by atoms with Crippen molar-refractivity contribution in [1.29, 1.82) is 0 Å². The Kier molecular flexibility index (Phi) is 4.39. The third-order valence-corrected chi connectivity index (χ3v) is 4.81. The fourth-order valence-corrected chi connectivity index (χ4v) is 3.23. The van der Waals surface area contributed by atoms with Gasteiger partial charge >= 0.3 is 5.97 Å². The molecule has 1 heterocycles. The van der Waals surface area contributed by atoms with Gasteiger partial charge in [-0.15, -0.1) is 0 Å². The van der Waals surface area contributed by atoms with Gasteiger partial charge < -0.3 is 15.4 Å². The van der Waals surface area contributed by atoms with E-state index in [2.05, 4.69) is 10.6 Å². The standard InChI is InChI=1S/C20H17ClN2O3/c21-13-6-8-14(9-7-13)22-17-11-26-20(25)18(17)19(24)23-16-10-15(16)12-4-2-1-3-5-12/h1-9,15-16,22H,10-11H2,(H,23,24)/t15-,16+/m1/s1. The van der Waals surface area contributed by atoms with Crippen molar-refractivity contribution < 1.29 is 14.3 Å². The second-order valence-electron chi connectivity index (χ2n) is 6.39. The first-order valence-electron chi connectivity index (χ1n) is 8.40. The van der Waals surface area contributed by atoms with Crippen molar-refractivity contribution in [3.8, 4) is 0 Å². The SMILES string of the molecule is O=C(N[C@H]1C[C@@H]1c1ccccc1)C1=C(Nc2ccc(Cl)cc2)COC1=O. The maximum Gasteiger partial charge on any atom is 0.346 e. The van der Waals surface area contributed by atoms with Gasteiger partial charge in [0.25, 0.3) is 5.91 Å². The van der Waals surface area contributed by atoms with Gasteiger partial charge in [-0.25, -0.2) is 4.79 Å². The van der Waals surface area contributed by atoms with E-state index in [-0.39, 0.29) is 18.2 Å². The van der Waals surface area contributed by atoms with Crippen LogP contribution in [0.4, 0.5) is 5.69 Å². The molecule has 1 fully saturated rings. The van der Waals surface area contributed by atoms with Crippen LogP contribution in [0.15, 0.2) is 65.9 Å². The van der Waals surface area contributed by atoms with Gasteiger partial charge in [-0.1, -0.05) is 41.9 Å². The van der Waals surface area contributed by atoms with E-state index in [0.717, 1.165) is 12.1 Å². The fraction of sp³-hybridized carbons (Fsp3) is 0.200. The zero-order valence-electron chi connectivity index (χ0n) is 13.9. The lowest BCUT2D eigenvalue weighted by atomic mass is 10.1. The second kappa shape index (κ2) is 6.84. The number of benzene rings is 2. The summed E-state index contributed by atoms with van der Waals surface area (Å²) in [7, 11) is 0. The molecule has 5 nitrogen and oxygen atoms in total. The number of nitrogens with one attached hydrogen (secondary N) is 2. The molecule has 1 aliphatic carbocycles. The minimum absolute atomic E-state index is 0.0404. The van der Waals surface area contributed by atoms with Crippen LogP contribution in [-0.2, 0) is 14.3 Å². The van der Waals surface area contributed by atoms with Crippen molar-refractivity contribution in [3.63, 3.8) is 0 Å². The van der Waals surface area contributed by atoms with Crippen molar-refractivity contribution in [2.75, 3.05) is 11.9 Å². The molecule has 1 amide bonds. The van der Waals surface area contributed by atoms with Crippen molar-refractivity contribution in [2.45, 2.75) is 18.4 Å². The quantitative estimate of drug-likeness (QED) is 0.628. The molecule has 4 rings (SSSR count). The molecule has 2 N–H and O–H groups in total. The Bertz CT molecular complexity index is 878. The molecule has 0 spiro atoms. The largest absolute Gasteiger partial charge is 0.455 e. The van der Waals surface area contributed by atoms with Crippen molar-refractivity contribution in [1.82, 2.24) is 5.32 Å². The van der Waals surface area contributed by atoms with E-state index in [9.17, 15) is 9.59 Å². The predicted octanol–water partition coefficient (Wildman–Crippen LogP) is 3.24. The van der Waals surface area contributed by atoms with Crippen molar-refractivity contribution in [2.24, 2.45) is 0 Å². The van der Waals surface area contributed by atoms with Crippen LogP contribution in [0.1, 0.15) is 17.9 Å². The fourth-order valence-electron chi connectivity index (χ4n) is 3.10. The lowest BCUT2D eigenvalue weighted by Crippen LogP contribution is -2.31. The lowest BCUT2D eigenvalue weighted by molar-refractivity contribution is -0.137. The average molecular weight is 369 g/mol. The summed E-state index contributed by atoms with van der Waals surface area (Å²) in [6.07, 6.45) is 0.873. The highest BCUT2D eigenvalue weighted by molar-refractivity contribution is 6.30. The zero-order chi connectivity index (χ0) is 18.1. The lowest BCUT2D eigenvalue weighted by Gasteiger charge is -2.09. The summed E-state index contributed by atoms with van der Waals surface area (Å²) >= 11 is 5.88. The van der Waals surface area contributed by atoms with E-state index in [4.69, 9.17) is 16.3 Å². The van der Waals surface area contributed by atoms with Crippen LogP contribution < -0.4 is 10.6 Å². The molecule has 132 valence electrons. The van der Waals surface area contributed by atoms with E-state index >= 15 is 0 Å². The predicted molar refractivity (Wildman–Crippen MR) is 98.8 cm³/mol. The smallest absolute Gasteiger partial charge is 0.346 e. The third-order valence-electron chi connectivity index (χ3n) is 4.55. The van der Waals surface area contributed by atoms with Crippen LogP contribution in [-0.4, -0.2) is 24.5 Å². The number of carbonyl (C=O) groups excluding carboxylic acids is 2. The molecular weight excluding hydrogens is 352 g/mol. The van der Waals surface area contributed by atoms with Crippen LogP contribution in [0.5, 0.6) is 0 Å². The summed E-state index contributed by atoms with van der Waals surface area (Å²) in [5.41, 5.74) is 2.44. The van der Waals surface area contributed by atoms with E-state index in [1.807, 2.05) is 30.3 Å². The number of cyclic esters (lactones) is 1. The first-order chi connectivity index (χ1) is 12.6. The first kappa shape index (κ1) is 16.7. The minimum atomic E-state index is -0.601. The van der Waals surface area contributed by atoms with E-state index in [1.165, 1.54) is 5.56 Å². The number of rotatable bonds is 5. The topological polar surface area (TPSA) is 67.4 Å². The molecule has 2 aromatic rings. The summed E-state index contributed by atoms with van der Waals surface area (Å²) < 4.78 is 5.05. The minimum Gasteiger partial charge on any atom is -0.455 e. The average Bonchev–Trinajstić information content (AvgIpc) is 3.32. The highest BCUT2D eigenvalue weighted by Crippen LogP contribution is 2.40. The Morgan fingerprint density at radius 3 is 2.54 bits per heavy atom. The highest BCUT2D eigenvalue weighted by Gasteiger charge is 2.41. The Balaban J connectivity index is 1.46. The van der Waals surface area contributed by atoms with Gasteiger partial charge in [0.1, 0.15) is 12.2 Å². The third kappa shape index (κ3) is 3.44. The van der Waals surface area contributed by atoms with Gasteiger partial charge in [0.05, 0.1) is 5.70 Å². The molecule has 0 radical (unpaired) electrons. The number of anilines is 1. The van der Waals surface area contributed by atoms with Gasteiger partial charge in [0.15, 0.2) is 0 Å². The van der Waals surface area contributed by atoms with Gasteiger partial charge in [-0.05, 0) is 36.2 Å². The van der Waals surface area contributed by atoms with Gasteiger partial charge in [0.2, 0.25) is 0 Å². The van der Waals surface area contributed by atoms with E-state index in [1.54, 1.807) is 24.3 Å². The van der Waals surface area contributed by atoms with Crippen LogP contribution in [0, 0.1) is 0 Å². The molecular formula is C20H17ClN2O3. The number of ether oxygens (including phenoxy) is 1. The molecule has 0 saturated heterocycles. The van der Waals surface area contributed by atoms with Gasteiger partial charge in [-0.3, -0.25) is 4.79 Å². The molecule has 2 aliphatic rings. The summed E-state index contributed by atoms with van der Waals surface area (Å²) in [6, 6.07) is 17.1. The van der Waals surface area contributed by atoms with E-state index < -0.39 is 11.9 Å².